The molecule has 0 saturated carbocycles. The first-order valence-corrected chi connectivity index (χ1v) is 6.14. The monoisotopic (exact) mass is 289 g/mol. The minimum absolute atomic E-state index is 0.152. The van der Waals surface area contributed by atoms with Gasteiger partial charge in [0.2, 0.25) is 0 Å². The zero-order valence-electron chi connectivity index (χ0n) is 11.2. The van der Waals surface area contributed by atoms with E-state index in [4.69, 9.17) is 20.1 Å². The molecule has 0 amide bonds. The van der Waals surface area contributed by atoms with Crippen LogP contribution in [0.25, 0.3) is 10.4 Å². The van der Waals surface area contributed by atoms with Crippen molar-refractivity contribution in [3.63, 3.8) is 0 Å². The van der Waals surface area contributed by atoms with E-state index < -0.39 is 12.6 Å². The summed E-state index contributed by atoms with van der Waals surface area (Å²) < 4.78 is 15.0. The molecule has 9 nitrogen and oxygen atoms in total. The minimum Gasteiger partial charge on any atom is -0.480 e. The lowest BCUT2D eigenvalue weighted by atomic mass is 10.2. The first-order chi connectivity index (χ1) is 9.66. The lowest BCUT2D eigenvalue weighted by Gasteiger charge is -2.05. The number of carbonyl (C=O) groups is 2. The number of nitrogens with zero attached hydrogens (tertiary/aromatic N) is 3. The highest BCUT2D eigenvalue weighted by molar-refractivity contribution is 5.80. The molecular formula is C11H19N3O6. The summed E-state index contributed by atoms with van der Waals surface area (Å²) in [6.45, 7) is 1.22. The Labute approximate surface area is 116 Å². The maximum atomic E-state index is 11.2. The predicted octanol–water partition coefficient (Wildman–Crippen LogP) is 0.780. The van der Waals surface area contributed by atoms with E-state index in [1.165, 1.54) is 0 Å². The number of carbonyl (C=O) groups excluding carboxylic acids is 1. The summed E-state index contributed by atoms with van der Waals surface area (Å²) in [5.41, 5.74) is 8.00. The molecule has 0 rings (SSSR count). The van der Waals surface area contributed by atoms with Gasteiger partial charge in [-0.3, -0.25) is 4.79 Å². The predicted molar refractivity (Wildman–Crippen MR) is 68.3 cm³/mol. The third kappa shape index (κ3) is 14.4. The number of Topliss-reactive ketones (excluding diaryl/α,β-unsaturated/α-hetero) is 1. The molecule has 0 atom stereocenters. The Morgan fingerprint density at radius 2 is 1.75 bits per heavy atom. The van der Waals surface area contributed by atoms with Gasteiger partial charge in [0.25, 0.3) is 0 Å². The van der Waals surface area contributed by atoms with Crippen molar-refractivity contribution in [2.45, 2.75) is 12.8 Å². The zero-order valence-corrected chi connectivity index (χ0v) is 11.2. The van der Waals surface area contributed by atoms with Crippen molar-refractivity contribution in [3.05, 3.63) is 10.4 Å². The summed E-state index contributed by atoms with van der Waals surface area (Å²) >= 11 is 0. The number of azide groups is 1. The van der Waals surface area contributed by atoms with Crippen molar-refractivity contribution in [2.75, 3.05) is 46.2 Å². The number of hydrogen-bond acceptors (Lipinski definition) is 6. The van der Waals surface area contributed by atoms with Crippen molar-refractivity contribution in [1.82, 2.24) is 0 Å². The van der Waals surface area contributed by atoms with Gasteiger partial charge in [-0.1, -0.05) is 5.11 Å². The second-order valence-corrected chi connectivity index (χ2v) is 3.71. The van der Waals surface area contributed by atoms with E-state index in [2.05, 4.69) is 14.8 Å². The van der Waals surface area contributed by atoms with Crippen LogP contribution < -0.4 is 0 Å². The molecule has 0 unspecified atom stereocenters. The second-order valence-electron chi connectivity index (χ2n) is 3.71. The molecule has 0 aromatic carbocycles. The standard InChI is InChI=1S/C11H19N3O6/c12-14-13-3-5-19-7-6-18-4-1-2-10(15)8-20-9-11(16)17/h1-9H2,(H,16,17). The van der Waals surface area contributed by atoms with Crippen molar-refractivity contribution in [3.8, 4) is 0 Å². The summed E-state index contributed by atoms with van der Waals surface area (Å²) in [5, 5.41) is 11.6. The van der Waals surface area contributed by atoms with Crippen LogP contribution in [0.4, 0.5) is 0 Å². The van der Waals surface area contributed by atoms with Crippen LogP contribution in [0.5, 0.6) is 0 Å². The van der Waals surface area contributed by atoms with Gasteiger partial charge in [0, 0.05) is 24.5 Å². The topological polar surface area (TPSA) is 131 Å². The molecule has 0 fully saturated rings. The third-order valence-corrected chi connectivity index (χ3v) is 2.00. The van der Waals surface area contributed by atoms with Crippen LogP contribution in [0, 0.1) is 0 Å². The molecule has 0 bridgehead atoms. The molecule has 0 aromatic rings. The lowest BCUT2D eigenvalue weighted by Crippen LogP contribution is -2.14. The maximum absolute atomic E-state index is 11.2. The Balaban J connectivity index is 3.20. The molecule has 0 spiro atoms. The largest absolute Gasteiger partial charge is 0.480 e. The fourth-order valence-corrected chi connectivity index (χ4v) is 1.17. The molecule has 114 valence electrons. The Kier molecular flexibility index (Phi) is 12.6. The number of ether oxygens (including phenoxy) is 3. The molecule has 20 heavy (non-hydrogen) atoms. The SMILES string of the molecule is [N-]=[N+]=NCCOCCOCCCC(=O)COCC(=O)O. The molecule has 0 aliphatic heterocycles. The van der Waals surface area contributed by atoms with E-state index >= 15 is 0 Å². The van der Waals surface area contributed by atoms with Gasteiger partial charge < -0.3 is 19.3 Å². The first kappa shape index (κ1) is 18.3. The number of carboxylic acids is 1. The van der Waals surface area contributed by atoms with E-state index in [0.717, 1.165) is 0 Å². The molecular weight excluding hydrogens is 270 g/mol. The van der Waals surface area contributed by atoms with Crippen molar-refractivity contribution in [2.24, 2.45) is 5.11 Å². The number of rotatable bonds is 14. The van der Waals surface area contributed by atoms with Gasteiger partial charge in [-0.05, 0) is 12.0 Å². The molecule has 0 aliphatic carbocycles. The van der Waals surface area contributed by atoms with Gasteiger partial charge in [-0.2, -0.15) is 0 Å². The molecule has 0 aliphatic rings. The van der Waals surface area contributed by atoms with E-state index in [-0.39, 0.29) is 18.8 Å². The van der Waals surface area contributed by atoms with E-state index in [0.29, 0.717) is 39.4 Å². The van der Waals surface area contributed by atoms with Crippen LogP contribution in [0.15, 0.2) is 5.11 Å². The Morgan fingerprint density at radius 1 is 1.05 bits per heavy atom. The molecule has 0 heterocycles. The lowest BCUT2D eigenvalue weighted by molar-refractivity contribution is -0.143. The van der Waals surface area contributed by atoms with Crippen LogP contribution in [-0.2, 0) is 23.8 Å². The highest BCUT2D eigenvalue weighted by atomic mass is 16.5. The van der Waals surface area contributed by atoms with Crippen molar-refractivity contribution < 1.29 is 28.9 Å². The fourth-order valence-electron chi connectivity index (χ4n) is 1.17. The zero-order chi connectivity index (χ0) is 15.1. The average Bonchev–Trinajstić information content (AvgIpc) is 2.40. The molecule has 0 saturated heterocycles. The number of ketones is 1. The highest BCUT2D eigenvalue weighted by Gasteiger charge is 2.04. The summed E-state index contributed by atoms with van der Waals surface area (Å²) in [7, 11) is 0. The maximum Gasteiger partial charge on any atom is 0.329 e. The summed E-state index contributed by atoms with van der Waals surface area (Å²) in [6.07, 6.45) is 0.839. The van der Waals surface area contributed by atoms with Gasteiger partial charge in [-0.25, -0.2) is 4.79 Å². The fraction of sp³-hybridized carbons (Fsp3) is 0.818. The highest BCUT2D eigenvalue weighted by Crippen LogP contribution is 1.93. The van der Waals surface area contributed by atoms with Crippen LogP contribution in [-0.4, -0.2) is 63.0 Å². The number of hydrogen-bond donors (Lipinski definition) is 1. The number of carboxylic acid groups (broad SMARTS) is 1. The number of aliphatic carboxylic acids is 1. The Bertz CT molecular complexity index is 330. The summed E-state index contributed by atoms with van der Waals surface area (Å²) in [6, 6.07) is 0. The van der Waals surface area contributed by atoms with Crippen molar-refractivity contribution in [1.29, 1.82) is 0 Å². The quantitative estimate of drug-likeness (QED) is 0.217. The van der Waals surface area contributed by atoms with Crippen LogP contribution in [0.2, 0.25) is 0 Å². The van der Waals surface area contributed by atoms with Crippen LogP contribution in [0.1, 0.15) is 12.8 Å². The van der Waals surface area contributed by atoms with Gasteiger partial charge in [0.1, 0.15) is 13.2 Å². The molecule has 1 N–H and O–H groups in total. The third-order valence-electron chi connectivity index (χ3n) is 2.00. The smallest absolute Gasteiger partial charge is 0.329 e. The van der Waals surface area contributed by atoms with Crippen LogP contribution in [0.3, 0.4) is 0 Å². The summed E-state index contributed by atoms with van der Waals surface area (Å²) in [4.78, 5) is 23.9. The first-order valence-electron chi connectivity index (χ1n) is 6.14. The van der Waals surface area contributed by atoms with Gasteiger partial charge in [-0.15, -0.1) is 0 Å². The van der Waals surface area contributed by atoms with E-state index in [9.17, 15) is 9.59 Å². The normalized spacial score (nSPS) is 10.0. The van der Waals surface area contributed by atoms with Crippen LogP contribution >= 0.6 is 0 Å². The Hall–Kier alpha value is -1.67. The molecule has 0 aromatic heterocycles. The Morgan fingerprint density at radius 3 is 2.40 bits per heavy atom. The second kappa shape index (κ2) is 13.8. The van der Waals surface area contributed by atoms with Gasteiger partial charge in [0.15, 0.2) is 5.78 Å². The molecule has 0 radical (unpaired) electrons. The van der Waals surface area contributed by atoms with E-state index in [1.807, 2.05) is 0 Å². The van der Waals surface area contributed by atoms with Crippen molar-refractivity contribution >= 4 is 11.8 Å². The van der Waals surface area contributed by atoms with E-state index in [1.54, 1.807) is 0 Å². The average molecular weight is 289 g/mol. The van der Waals surface area contributed by atoms with Gasteiger partial charge in [0.05, 0.1) is 19.8 Å². The summed E-state index contributed by atoms with van der Waals surface area (Å²) in [5.74, 6) is -1.25. The minimum atomic E-state index is -1.10. The molecule has 9 heteroatoms. The van der Waals surface area contributed by atoms with Gasteiger partial charge >= 0.3 is 5.97 Å².